The Labute approximate surface area is 295 Å². The van der Waals surface area contributed by atoms with Crippen molar-refractivity contribution in [3.8, 4) is 39.1 Å². The number of rotatable bonds is 7. The molecule has 8 aromatic carbocycles. The number of hydrogen-bond acceptors (Lipinski definition) is 1. The third-order valence-corrected chi connectivity index (χ3v) is 9.63. The summed E-state index contributed by atoms with van der Waals surface area (Å²) in [5.74, 6) is 0. The largest absolute Gasteiger partial charge is 1.00 e. The Morgan fingerprint density at radius 3 is 0.960 bits per heavy atom. The molecule has 0 N–H and O–H groups in total. The van der Waals surface area contributed by atoms with Crippen LogP contribution in [0.25, 0.3) is 60.9 Å². The van der Waals surface area contributed by atoms with Crippen molar-refractivity contribution in [2.24, 2.45) is 0 Å². The van der Waals surface area contributed by atoms with E-state index in [2.05, 4.69) is 216 Å². The average molecular weight is 645 g/mol. The number of hydrogen-bond donors (Lipinski definition) is 0. The van der Waals surface area contributed by atoms with Crippen molar-refractivity contribution in [1.82, 2.24) is 4.57 Å². The molecule has 0 spiro atoms. The van der Waals surface area contributed by atoms with Gasteiger partial charge in [-0.2, -0.15) is 0 Å². The minimum atomic E-state index is 0. The van der Waals surface area contributed by atoms with Gasteiger partial charge in [0.2, 0.25) is 0 Å². The fourth-order valence-electron chi connectivity index (χ4n) is 7.12. The molecule has 50 heavy (non-hydrogen) atoms. The molecular weight excluding hydrogens is 605 g/mol. The lowest BCUT2D eigenvalue weighted by Crippen LogP contribution is -2.09. The normalized spacial score (nSPS) is 11.2. The molecule has 0 aliphatic heterocycles. The lowest BCUT2D eigenvalue weighted by atomic mass is 10.0. The van der Waals surface area contributed by atoms with E-state index in [0.717, 1.165) is 22.7 Å². The van der Waals surface area contributed by atoms with Gasteiger partial charge in [-0.3, -0.25) is 0 Å². The molecule has 9 rings (SSSR count). The Bertz CT molecular complexity index is 2410. The van der Waals surface area contributed by atoms with Crippen LogP contribution in [0, 0.1) is 0 Å². The van der Waals surface area contributed by atoms with Crippen molar-refractivity contribution in [3.63, 3.8) is 0 Å². The van der Waals surface area contributed by atoms with E-state index in [9.17, 15) is 0 Å². The maximum Gasteiger partial charge on any atom is 0.0541 e. The Kier molecular flexibility index (Phi) is 7.53. The van der Waals surface area contributed by atoms with Crippen molar-refractivity contribution < 1.29 is 2.85 Å². The third kappa shape index (κ3) is 5.43. The van der Waals surface area contributed by atoms with Gasteiger partial charge in [0.15, 0.2) is 0 Å². The fourth-order valence-corrected chi connectivity index (χ4v) is 7.12. The summed E-state index contributed by atoms with van der Waals surface area (Å²) in [5.41, 5.74) is 14.1. The molecule has 0 fully saturated rings. The molecule has 0 aliphatic rings. The molecule has 0 amide bonds. The Hall–Kier alpha value is -6.64. The van der Waals surface area contributed by atoms with E-state index in [1.54, 1.807) is 0 Å². The first-order valence-electron chi connectivity index (χ1n) is 17.1. The van der Waals surface area contributed by atoms with E-state index in [0.29, 0.717) is 0 Å². The first-order valence-corrected chi connectivity index (χ1v) is 17.1. The second kappa shape index (κ2) is 12.8. The van der Waals surface area contributed by atoms with Crippen molar-refractivity contribution >= 4 is 38.9 Å². The minimum absolute atomic E-state index is 0. The third-order valence-electron chi connectivity index (χ3n) is 9.63. The zero-order valence-electron chi connectivity index (χ0n) is 29.5. The Morgan fingerprint density at radius 2 is 0.580 bits per heavy atom. The van der Waals surface area contributed by atoms with E-state index < -0.39 is 0 Å². The number of nitrogens with zero attached hydrogens (tertiary/aromatic N) is 2. The van der Waals surface area contributed by atoms with Gasteiger partial charge in [-0.25, -0.2) is 0 Å². The molecule has 2 heteroatoms. The zero-order chi connectivity index (χ0) is 33.3. The van der Waals surface area contributed by atoms with Crippen LogP contribution < -0.4 is 4.90 Å². The fraction of sp³-hybridized carbons (Fsp3) is 0. The van der Waals surface area contributed by atoms with E-state index in [-0.39, 0.29) is 2.85 Å². The first-order chi connectivity index (χ1) is 24.8. The molecule has 0 saturated heterocycles. The van der Waals surface area contributed by atoms with Crippen LogP contribution in [0.1, 0.15) is 2.85 Å². The lowest BCUT2D eigenvalue weighted by molar-refractivity contribution is 1.18. The lowest BCUT2D eigenvalue weighted by Gasteiger charge is -2.26. The van der Waals surface area contributed by atoms with Crippen molar-refractivity contribution in [2.45, 2.75) is 0 Å². The van der Waals surface area contributed by atoms with Crippen LogP contribution in [0.2, 0.25) is 0 Å². The smallest absolute Gasteiger partial charge is 0.0541 e. The van der Waals surface area contributed by atoms with Crippen molar-refractivity contribution in [3.05, 3.63) is 206 Å². The number of fused-ring (bicyclic) bond motifs is 3. The van der Waals surface area contributed by atoms with Gasteiger partial charge in [0.1, 0.15) is 0 Å². The van der Waals surface area contributed by atoms with Gasteiger partial charge in [0.25, 0.3) is 0 Å². The molecule has 1 aromatic heterocycles. The van der Waals surface area contributed by atoms with Gasteiger partial charge >= 0.3 is 0 Å². The van der Waals surface area contributed by atoms with Gasteiger partial charge in [-0.15, -0.1) is 0 Å². The summed E-state index contributed by atoms with van der Waals surface area (Å²) in [4.78, 5) is 2.33. The van der Waals surface area contributed by atoms with Gasteiger partial charge < -0.3 is 12.3 Å². The molecule has 240 valence electrons. The second-order valence-electron chi connectivity index (χ2n) is 12.6. The Morgan fingerprint density at radius 1 is 0.280 bits per heavy atom. The summed E-state index contributed by atoms with van der Waals surface area (Å²) in [6.45, 7) is 0. The molecule has 9 aromatic rings. The molecule has 0 bridgehead atoms. The minimum Gasteiger partial charge on any atom is -1.00 e. The van der Waals surface area contributed by atoms with E-state index in [1.807, 2.05) is 0 Å². The highest BCUT2D eigenvalue weighted by Crippen LogP contribution is 2.38. The molecule has 0 aliphatic carbocycles. The molecule has 0 unspecified atom stereocenters. The average Bonchev–Trinajstić information content (AvgIpc) is 3.54. The predicted octanol–water partition coefficient (Wildman–Crippen LogP) is 13.5. The van der Waals surface area contributed by atoms with Crippen LogP contribution in [0.4, 0.5) is 17.1 Å². The predicted molar refractivity (Wildman–Crippen MR) is 214 cm³/mol. The van der Waals surface area contributed by atoms with Gasteiger partial charge in [-0.1, -0.05) is 146 Å². The van der Waals surface area contributed by atoms with Gasteiger partial charge in [-0.05, 0) is 94.0 Å². The summed E-state index contributed by atoms with van der Waals surface area (Å²) < 4.78 is 2.36. The van der Waals surface area contributed by atoms with Crippen molar-refractivity contribution in [2.75, 3.05) is 4.90 Å². The highest BCUT2D eigenvalue weighted by Gasteiger charge is 2.15. The summed E-state index contributed by atoms with van der Waals surface area (Å²) in [7, 11) is 0. The number of benzene rings is 8. The van der Waals surface area contributed by atoms with Crippen LogP contribution in [0.3, 0.4) is 0 Å². The van der Waals surface area contributed by atoms with Crippen LogP contribution >= 0.6 is 0 Å². The summed E-state index contributed by atoms with van der Waals surface area (Å²) in [6.07, 6.45) is 0. The quantitative estimate of drug-likeness (QED) is 0.168. The topological polar surface area (TPSA) is 8.17 Å². The standard InChI is InChI=1S/C48H34N2.2H/c1-3-11-35(12-4-1)37-19-27-41(28-20-37)49(42-29-21-38(22-30-42)36-13-5-2-6-14-36)43-31-23-39(24-32-43)40-25-33-44(34-26-40)50-47-17-9-7-15-45(47)46-16-8-10-18-48(46)50;;/h1-34H;;/q;2*-1/i;2*1+2. The highest BCUT2D eigenvalue weighted by molar-refractivity contribution is 6.09. The van der Waals surface area contributed by atoms with Crippen molar-refractivity contribution in [1.29, 1.82) is 0 Å². The first kappa shape index (κ1) is 29.5. The van der Waals surface area contributed by atoms with Crippen LogP contribution in [-0.2, 0) is 0 Å². The summed E-state index contributed by atoms with van der Waals surface area (Å²) in [5, 5.41) is 2.55. The highest BCUT2D eigenvalue weighted by atomic mass is 15.1. The molecule has 0 atom stereocenters. The molecule has 0 radical (unpaired) electrons. The van der Waals surface area contributed by atoms with Crippen LogP contribution in [0.5, 0.6) is 0 Å². The maximum atomic E-state index is 2.36. The molecular formula is C48H36N2-2. The summed E-state index contributed by atoms with van der Waals surface area (Å²) in [6, 6.07) is 74.0. The monoisotopic (exact) mass is 644 g/mol. The molecule has 1 heterocycles. The summed E-state index contributed by atoms with van der Waals surface area (Å²) >= 11 is 0. The zero-order valence-corrected chi connectivity index (χ0v) is 27.5. The van der Waals surface area contributed by atoms with Crippen LogP contribution in [-0.4, -0.2) is 4.57 Å². The number of aromatic nitrogens is 1. The van der Waals surface area contributed by atoms with Gasteiger partial charge in [0.05, 0.1) is 11.0 Å². The van der Waals surface area contributed by atoms with Crippen LogP contribution in [0.15, 0.2) is 206 Å². The van der Waals surface area contributed by atoms with E-state index in [1.165, 1.54) is 55.2 Å². The second-order valence-corrected chi connectivity index (χ2v) is 12.6. The molecule has 2 nitrogen and oxygen atoms in total. The SMILES string of the molecule is [3H-].[3H-].c1ccc(-c2ccc(N(c3ccc(-c4ccccc4)cc3)c3ccc(-c4ccc(-n5c6ccccc6c6ccccc65)cc4)cc3)cc2)cc1. The maximum absolute atomic E-state index is 2.36. The number of anilines is 3. The molecule has 0 saturated carbocycles. The van der Waals surface area contributed by atoms with Gasteiger partial charge in [0, 0.05) is 33.5 Å². The van der Waals surface area contributed by atoms with E-state index in [4.69, 9.17) is 0 Å². The Balaban J connectivity index is 0.00000210. The number of para-hydroxylation sites is 2. The van der Waals surface area contributed by atoms with E-state index >= 15 is 0 Å².